The van der Waals surface area contributed by atoms with Gasteiger partial charge in [-0.1, -0.05) is 19.9 Å². The van der Waals surface area contributed by atoms with E-state index in [1.165, 1.54) is 19.3 Å². The number of phenolic OH excluding ortho intramolecular Hbond substituents is 1. The number of hydrogen-bond acceptors (Lipinski definition) is 7. The smallest absolute Gasteiger partial charge is 0.326 e. The van der Waals surface area contributed by atoms with Crippen LogP contribution in [0, 0.1) is 5.92 Å². The fraction of sp³-hybridized carbons (Fsp3) is 0.353. The molecule has 0 bridgehead atoms. The van der Waals surface area contributed by atoms with E-state index in [9.17, 15) is 19.5 Å². The molecular weight excluding hydrogens is 346 g/mol. The zero-order valence-electron chi connectivity index (χ0n) is 14.1. The lowest BCUT2D eigenvalue weighted by Gasteiger charge is -2.12. The second-order valence-electron chi connectivity index (χ2n) is 5.78. The van der Waals surface area contributed by atoms with Crippen LogP contribution in [0.15, 0.2) is 23.1 Å². The number of phenols is 1. The maximum Gasteiger partial charge on any atom is 0.326 e. The van der Waals surface area contributed by atoms with Gasteiger partial charge >= 0.3 is 5.97 Å². The molecule has 0 radical (unpaired) electrons. The van der Waals surface area contributed by atoms with Gasteiger partial charge in [-0.3, -0.25) is 19.3 Å². The van der Waals surface area contributed by atoms with E-state index in [1.54, 1.807) is 12.1 Å². The first-order valence-corrected chi connectivity index (χ1v) is 8.41. The first-order valence-electron chi connectivity index (χ1n) is 7.59. The average molecular weight is 365 g/mol. The number of carbonyl (C=O) groups is 3. The summed E-state index contributed by atoms with van der Waals surface area (Å²) >= 11 is 0.737. The van der Waals surface area contributed by atoms with Crippen molar-refractivity contribution in [2.24, 2.45) is 5.92 Å². The van der Waals surface area contributed by atoms with Crippen molar-refractivity contribution in [2.75, 3.05) is 20.3 Å². The topological polar surface area (TPSA) is 93.1 Å². The summed E-state index contributed by atoms with van der Waals surface area (Å²) in [6.07, 6.45) is 1.48. The molecular formula is C17H19NO6S. The second kappa shape index (κ2) is 8.06. The number of thioether (sulfide) groups is 1. The molecule has 1 aliphatic rings. The fourth-order valence-corrected chi connectivity index (χ4v) is 2.86. The molecule has 25 heavy (non-hydrogen) atoms. The number of amides is 2. The average Bonchev–Trinajstić information content (AvgIpc) is 2.80. The van der Waals surface area contributed by atoms with Crippen molar-refractivity contribution in [1.29, 1.82) is 0 Å². The van der Waals surface area contributed by atoms with Crippen molar-refractivity contribution in [3.05, 3.63) is 28.7 Å². The highest BCUT2D eigenvalue weighted by Gasteiger charge is 2.36. The number of methoxy groups -OCH3 is 1. The molecule has 134 valence electrons. The largest absolute Gasteiger partial charge is 0.504 e. The molecule has 1 aromatic rings. The molecule has 0 aliphatic carbocycles. The van der Waals surface area contributed by atoms with Crippen LogP contribution in [0.1, 0.15) is 19.4 Å². The van der Waals surface area contributed by atoms with E-state index in [2.05, 4.69) is 0 Å². The highest BCUT2D eigenvalue weighted by atomic mass is 32.2. The number of ether oxygens (including phenoxy) is 2. The Balaban J connectivity index is 2.09. The summed E-state index contributed by atoms with van der Waals surface area (Å²) in [5.41, 5.74) is 0.534. The van der Waals surface area contributed by atoms with Gasteiger partial charge in [-0.2, -0.15) is 0 Å². The summed E-state index contributed by atoms with van der Waals surface area (Å²) in [6.45, 7) is 3.60. The predicted molar refractivity (Wildman–Crippen MR) is 93.1 cm³/mol. The van der Waals surface area contributed by atoms with Crippen LogP contribution in [0.3, 0.4) is 0 Å². The number of aromatic hydroxyl groups is 1. The molecule has 8 heteroatoms. The lowest BCUT2D eigenvalue weighted by Crippen LogP contribution is -2.34. The van der Waals surface area contributed by atoms with Crippen molar-refractivity contribution in [3.63, 3.8) is 0 Å². The Hall–Kier alpha value is -2.48. The molecule has 1 N–H and O–H groups in total. The van der Waals surface area contributed by atoms with E-state index >= 15 is 0 Å². The molecule has 1 aromatic carbocycles. The molecule has 1 saturated heterocycles. The van der Waals surface area contributed by atoms with Crippen LogP contribution in [-0.4, -0.2) is 47.4 Å². The Kier molecular flexibility index (Phi) is 6.08. The van der Waals surface area contributed by atoms with Gasteiger partial charge in [0.1, 0.15) is 6.54 Å². The third kappa shape index (κ3) is 4.76. The molecule has 0 aromatic heterocycles. The first kappa shape index (κ1) is 18.9. The number of hydrogen-bond donors (Lipinski definition) is 1. The van der Waals surface area contributed by atoms with Crippen molar-refractivity contribution in [2.45, 2.75) is 13.8 Å². The molecule has 0 spiro atoms. The molecule has 7 nitrogen and oxygen atoms in total. The standard InChI is InChI=1S/C17H19NO6S/c1-10(2)9-24-15(20)8-18-16(21)14(25-17(18)22)7-11-4-5-13(23-3)12(19)6-11/h4-7,10,19H,8-9H2,1-3H3/b14-7+. The van der Waals surface area contributed by atoms with Crippen LogP contribution in [0.25, 0.3) is 6.08 Å². The molecule has 0 unspecified atom stereocenters. The molecule has 0 saturated carbocycles. The maximum absolute atomic E-state index is 12.3. The highest BCUT2D eigenvalue weighted by molar-refractivity contribution is 8.18. The van der Waals surface area contributed by atoms with Gasteiger partial charge in [-0.25, -0.2) is 0 Å². The van der Waals surface area contributed by atoms with Crippen LogP contribution in [0.2, 0.25) is 0 Å². The lowest BCUT2D eigenvalue weighted by atomic mass is 10.2. The van der Waals surface area contributed by atoms with Crippen LogP contribution < -0.4 is 4.74 Å². The summed E-state index contributed by atoms with van der Waals surface area (Å²) in [5.74, 6) is -0.793. The van der Waals surface area contributed by atoms with Gasteiger partial charge in [0.15, 0.2) is 11.5 Å². The molecule has 2 rings (SSSR count). The van der Waals surface area contributed by atoms with E-state index in [0.29, 0.717) is 11.3 Å². The number of carbonyl (C=O) groups excluding carboxylic acids is 3. The Morgan fingerprint density at radius 1 is 1.36 bits per heavy atom. The molecule has 1 aliphatic heterocycles. The number of rotatable bonds is 6. The second-order valence-corrected chi connectivity index (χ2v) is 6.77. The minimum absolute atomic E-state index is 0.0762. The first-order chi connectivity index (χ1) is 11.8. The number of benzene rings is 1. The highest BCUT2D eigenvalue weighted by Crippen LogP contribution is 2.34. The maximum atomic E-state index is 12.3. The molecule has 1 fully saturated rings. The number of imide groups is 1. The third-order valence-corrected chi connectivity index (χ3v) is 4.15. The van der Waals surface area contributed by atoms with E-state index in [0.717, 1.165) is 16.7 Å². The monoisotopic (exact) mass is 365 g/mol. The molecule has 1 heterocycles. The van der Waals surface area contributed by atoms with Gasteiger partial charge in [-0.15, -0.1) is 0 Å². The Morgan fingerprint density at radius 3 is 2.68 bits per heavy atom. The summed E-state index contributed by atoms with van der Waals surface area (Å²) in [6, 6.07) is 4.61. The minimum Gasteiger partial charge on any atom is -0.504 e. The Morgan fingerprint density at radius 2 is 2.08 bits per heavy atom. The minimum atomic E-state index is -0.626. The summed E-state index contributed by atoms with van der Waals surface area (Å²) in [5, 5.41) is 9.24. The van der Waals surface area contributed by atoms with E-state index < -0.39 is 23.7 Å². The van der Waals surface area contributed by atoms with Crippen LogP contribution in [0.5, 0.6) is 11.5 Å². The van der Waals surface area contributed by atoms with Crippen LogP contribution in [-0.2, 0) is 14.3 Å². The fourth-order valence-electron chi connectivity index (χ4n) is 2.02. The zero-order chi connectivity index (χ0) is 18.6. The molecule has 0 atom stereocenters. The SMILES string of the molecule is COc1ccc(/C=C2/SC(=O)N(CC(=O)OCC(C)C)C2=O)cc1O. The van der Waals surface area contributed by atoms with Gasteiger partial charge in [-0.05, 0) is 41.5 Å². The van der Waals surface area contributed by atoms with Gasteiger partial charge in [0.2, 0.25) is 0 Å². The predicted octanol–water partition coefficient (Wildman–Crippen LogP) is 2.64. The van der Waals surface area contributed by atoms with E-state index in [4.69, 9.17) is 9.47 Å². The van der Waals surface area contributed by atoms with Crippen molar-refractivity contribution in [1.82, 2.24) is 4.90 Å². The van der Waals surface area contributed by atoms with Crippen LogP contribution >= 0.6 is 11.8 Å². The van der Waals surface area contributed by atoms with Gasteiger partial charge < -0.3 is 14.6 Å². The van der Waals surface area contributed by atoms with Gasteiger partial charge in [0.25, 0.3) is 11.1 Å². The van der Waals surface area contributed by atoms with Crippen molar-refractivity contribution >= 4 is 35.0 Å². The normalized spacial score (nSPS) is 16.0. The van der Waals surface area contributed by atoms with Crippen molar-refractivity contribution in [3.8, 4) is 11.5 Å². The third-order valence-electron chi connectivity index (χ3n) is 3.24. The Labute approximate surface area is 149 Å². The van der Waals surface area contributed by atoms with Gasteiger partial charge in [0.05, 0.1) is 18.6 Å². The van der Waals surface area contributed by atoms with Crippen molar-refractivity contribution < 1.29 is 29.0 Å². The quantitative estimate of drug-likeness (QED) is 0.612. The zero-order valence-corrected chi connectivity index (χ0v) is 15.0. The summed E-state index contributed by atoms with van der Waals surface area (Å²) < 4.78 is 9.95. The van der Waals surface area contributed by atoms with E-state index in [1.807, 2.05) is 13.8 Å². The van der Waals surface area contributed by atoms with Gasteiger partial charge in [0, 0.05) is 0 Å². The van der Waals surface area contributed by atoms with Crippen LogP contribution in [0.4, 0.5) is 4.79 Å². The lowest BCUT2D eigenvalue weighted by molar-refractivity contribution is -0.147. The summed E-state index contributed by atoms with van der Waals surface area (Å²) in [4.78, 5) is 37.1. The number of nitrogens with zero attached hydrogens (tertiary/aromatic N) is 1. The van der Waals surface area contributed by atoms with E-state index in [-0.39, 0.29) is 23.2 Å². The summed E-state index contributed by atoms with van der Waals surface area (Å²) in [7, 11) is 1.43. The Bertz CT molecular complexity index is 728. The number of esters is 1. The molecule has 2 amide bonds.